The molecule has 76 valence electrons. The van der Waals surface area contributed by atoms with E-state index in [1.54, 1.807) is 0 Å². The van der Waals surface area contributed by atoms with Gasteiger partial charge in [0.05, 0.1) is 0 Å². The molecule has 0 bridgehead atoms. The van der Waals surface area contributed by atoms with Gasteiger partial charge in [-0.3, -0.25) is 4.79 Å². The van der Waals surface area contributed by atoms with Gasteiger partial charge in [0.25, 0.3) is 0 Å². The average Bonchev–Trinajstić information content (AvgIpc) is 2.25. The molecule has 1 amide bonds. The van der Waals surface area contributed by atoms with Crippen molar-refractivity contribution in [2.24, 2.45) is 0 Å². The molecule has 1 aliphatic heterocycles. The van der Waals surface area contributed by atoms with Crippen LogP contribution in [0.4, 0.5) is 0 Å². The van der Waals surface area contributed by atoms with Crippen molar-refractivity contribution < 1.29 is 4.79 Å². The van der Waals surface area contributed by atoms with Crippen LogP contribution in [0.3, 0.4) is 0 Å². The Labute approximate surface area is 84.6 Å². The Morgan fingerprint density at radius 3 is 2.85 bits per heavy atom. The highest BCUT2D eigenvalue weighted by atomic mass is 35.5. The van der Waals surface area contributed by atoms with E-state index < -0.39 is 0 Å². The zero-order valence-electron chi connectivity index (χ0n) is 8.29. The summed E-state index contributed by atoms with van der Waals surface area (Å²) in [6, 6.07) is 0.291. The first-order chi connectivity index (χ1) is 6.15. The van der Waals surface area contributed by atoms with Crippen LogP contribution in [0.25, 0.3) is 0 Å². The molecule has 0 radical (unpaired) electrons. The zero-order valence-corrected chi connectivity index (χ0v) is 9.05. The van der Waals surface area contributed by atoms with Crippen molar-refractivity contribution >= 4 is 17.5 Å². The molecule has 0 N–H and O–H groups in total. The van der Waals surface area contributed by atoms with E-state index in [2.05, 4.69) is 18.9 Å². The van der Waals surface area contributed by atoms with Gasteiger partial charge in [-0.2, -0.15) is 0 Å². The minimum Gasteiger partial charge on any atom is -0.338 e. The molecule has 13 heavy (non-hydrogen) atoms. The molecule has 0 aromatic heterocycles. The number of alkyl halides is 1. The van der Waals surface area contributed by atoms with Crippen LogP contribution >= 0.6 is 11.6 Å². The maximum atomic E-state index is 11.4. The number of halogens is 1. The number of amides is 1. The molecule has 0 aliphatic carbocycles. The molecule has 1 unspecified atom stereocenters. The van der Waals surface area contributed by atoms with E-state index in [9.17, 15) is 4.79 Å². The molecule has 4 heteroatoms. The number of carbonyl (C=O) groups is 1. The van der Waals surface area contributed by atoms with Crippen molar-refractivity contribution in [3.05, 3.63) is 0 Å². The van der Waals surface area contributed by atoms with Crippen molar-refractivity contribution in [3.8, 4) is 0 Å². The van der Waals surface area contributed by atoms with Crippen LogP contribution in [0.2, 0.25) is 0 Å². The van der Waals surface area contributed by atoms with Crippen molar-refractivity contribution in [2.45, 2.75) is 19.4 Å². The number of hydrogen-bond donors (Lipinski definition) is 0. The predicted molar refractivity (Wildman–Crippen MR) is 54.0 cm³/mol. The SMILES string of the molecule is CC1CN(C)CCCN1C(=O)CCl. The summed E-state index contributed by atoms with van der Waals surface area (Å²) in [7, 11) is 2.09. The van der Waals surface area contributed by atoms with Gasteiger partial charge in [0.2, 0.25) is 5.91 Å². The Balaban J connectivity index is 2.57. The first kappa shape index (κ1) is 10.8. The van der Waals surface area contributed by atoms with Crippen molar-refractivity contribution in [1.29, 1.82) is 0 Å². The summed E-state index contributed by atoms with van der Waals surface area (Å²) >= 11 is 5.54. The summed E-state index contributed by atoms with van der Waals surface area (Å²) in [5, 5.41) is 0. The third kappa shape index (κ3) is 2.85. The van der Waals surface area contributed by atoms with Crippen LogP contribution in [0.15, 0.2) is 0 Å². The van der Waals surface area contributed by atoms with Crippen molar-refractivity contribution in [3.63, 3.8) is 0 Å². The van der Waals surface area contributed by atoms with Gasteiger partial charge in [-0.25, -0.2) is 0 Å². The minimum absolute atomic E-state index is 0.0597. The first-order valence-corrected chi connectivity index (χ1v) is 5.22. The Bertz CT molecular complexity index is 186. The van der Waals surface area contributed by atoms with E-state index in [0.717, 1.165) is 26.1 Å². The minimum atomic E-state index is 0.0597. The molecule has 0 spiro atoms. The maximum absolute atomic E-state index is 11.4. The molecule has 0 saturated carbocycles. The Morgan fingerprint density at radius 1 is 1.54 bits per heavy atom. The monoisotopic (exact) mass is 204 g/mol. The normalized spacial score (nSPS) is 25.8. The summed E-state index contributed by atoms with van der Waals surface area (Å²) in [5.41, 5.74) is 0. The lowest BCUT2D eigenvalue weighted by atomic mass is 10.3. The van der Waals surface area contributed by atoms with E-state index in [-0.39, 0.29) is 11.8 Å². The van der Waals surface area contributed by atoms with Gasteiger partial charge in [-0.15, -0.1) is 11.6 Å². The van der Waals surface area contributed by atoms with Crippen LogP contribution in [-0.2, 0) is 4.79 Å². The second-order valence-corrected chi connectivity index (χ2v) is 3.95. The molecule has 0 aromatic rings. The van der Waals surface area contributed by atoms with Gasteiger partial charge >= 0.3 is 0 Å². The fourth-order valence-electron chi connectivity index (χ4n) is 1.82. The lowest BCUT2D eigenvalue weighted by molar-refractivity contribution is -0.130. The fourth-order valence-corrected chi connectivity index (χ4v) is 1.97. The standard InChI is InChI=1S/C9H17ClN2O/c1-8-7-11(2)4-3-5-12(8)9(13)6-10/h8H,3-7H2,1-2H3. The lowest BCUT2D eigenvalue weighted by Gasteiger charge is -2.27. The topological polar surface area (TPSA) is 23.6 Å². The predicted octanol–water partition coefficient (Wildman–Crippen LogP) is 0.778. The molecule has 1 rings (SSSR count). The van der Waals surface area contributed by atoms with Gasteiger partial charge in [-0.1, -0.05) is 0 Å². The van der Waals surface area contributed by atoms with E-state index in [1.165, 1.54) is 0 Å². The molecule has 1 atom stereocenters. The van der Waals surface area contributed by atoms with E-state index in [0.29, 0.717) is 6.04 Å². The summed E-state index contributed by atoms with van der Waals surface area (Å²) in [5.74, 6) is 0.165. The fraction of sp³-hybridized carbons (Fsp3) is 0.889. The highest BCUT2D eigenvalue weighted by Crippen LogP contribution is 2.08. The second-order valence-electron chi connectivity index (χ2n) is 3.69. The molecule has 1 aliphatic rings. The van der Waals surface area contributed by atoms with Gasteiger partial charge < -0.3 is 9.80 Å². The smallest absolute Gasteiger partial charge is 0.237 e. The van der Waals surface area contributed by atoms with Crippen LogP contribution < -0.4 is 0 Å². The number of rotatable bonds is 1. The van der Waals surface area contributed by atoms with E-state index in [4.69, 9.17) is 11.6 Å². The molecule has 3 nitrogen and oxygen atoms in total. The summed E-state index contributed by atoms with van der Waals surface area (Å²) in [6.45, 7) is 4.93. The molecule has 1 fully saturated rings. The van der Waals surface area contributed by atoms with Gasteiger partial charge in [0.15, 0.2) is 0 Å². The third-order valence-corrected chi connectivity index (χ3v) is 2.71. The Morgan fingerprint density at radius 2 is 2.23 bits per heavy atom. The lowest BCUT2D eigenvalue weighted by Crippen LogP contribution is -2.42. The third-order valence-electron chi connectivity index (χ3n) is 2.48. The van der Waals surface area contributed by atoms with Crippen LogP contribution in [-0.4, -0.2) is 54.3 Å². The van der Waals surface area contributed by atoms with Crippen LogP contribution in [0.5, 0.6) is 0 Å². The first-order valence-electron chi connectivity index (χ1n) is 4.69. The molecular weight excluding hydrogens is 188 g/mol. The zero-order chi connectivity index (χ0) is 9.84. The second kappa shape index (κ2) is 4.82. The maximum Gasteiger partial charge on any atom is 0.237 e. The Kier molecular flexibility index (Phi) is 4.00. The highest BCUT2D eigenvalue weighted by molar-refractivity contribution is 6.27. The summed E-state index contributed by atoms with van der Waals surface area (Å²) < 4.78 is 0. The molecular formula is C9H17ClN2O. The summed E-state index contributed by atoms with van der Waals surface area (Å²) in [4.78, 5) is 15.6. The van der Waals surface area contributed by atoms with E-state index >= 15 is 0 Å². The number of nitrogens with zero attached hydrogens (tertiary/aromatic N) is 2. The van der Waals surface area contributed by atoms with Gasteiger partial charge in [0, 0.05) is 19.1 Å². The van der Waals surface area contributed by atoms with Gasteiger partial charge in [-0.05, 0) is 26.9 Å². The number of hydrogen-bond acceptors (Lipinski definition) is 2. The largest absolute Gasteiger partial charge is 0.338 e. The van der Waals surface area contributed by atoms with Crippen molar-refractivity contribution in [1.82, 2.24) is 9.80 Å². The van der Waals surface area contributed by atoms with E-state index in [1.807, 2.05) is 4.90 Å². The molecule has 0 aromatic carbocycles. The summed E-state index contributed by atoms with van der Waals surface area (Å²) in [6.07, 6.45) is 1.05. The van der Waals surface area contributed by atoms with Crippen molar-refractivity contribution in [2.75, 3.05) is 32.6 Å². The number of likely N-dealkylation sites (N-methyl/N-ethyl adjacent to an activating group) is 1. The van der Waals surface area contributed by atoms with Crippen LogP contribution in [0, 0.1) is 0 Å². The highest BCUT2D eigenvalue weighted by Gasteiger charge is 2.22. The average molecular weight is 205 g/mol. The van der Waals surface area contributed by atoms with Crippen LogP contribution in [0.1, 0.15) is 13.3 Å². The Hall–Kier alpha value is -0.280. The number of carbonyl (C=O) groups excluding carboxylic acids is 1. The van der Waals surface area contributed by atoms with Gasteiger partial charge in [0.1, 0.15) is 5.88 Å². The quantitative estimate of drug-likeness (QED) is 0.590. The molecule has 1 saturated heterocycles. The molecule has 1 heterocycles.